The quantitative estimate of drug-likeness (QED) is 0.432. The molecule has 2 aromatic carbocycles. The van der Waals surface area contributed by atoms with Gasteiger partial charge in [-0.1, -0.05) is 17.7 Å². The summed E-state index contributed by atoms with van der Waals surface area (Å²) in [6.07, 6.45) is 6.45. The van der Waals surface area contributed by atoms with Crippen molar-refractivity contribution >= 4 is 27.5 Å². The summed E-state index contributed by atoms with van der Waals surface area (Å²) in [7, 11) is -3.71. The topological polar surface area (TPSA) is 103 Å². The fourth-order valence-electron chi connectivity index (χ4n) is 6.16. The lowest BCUT2D eigenvalue weighted by atomic mass is 9.90. The molecule has 11 heteroatoms. The predicted octanol–water partition coefficient (Wildman–Crippen LogP) is 4.49. The van der Waals surface area contributed by atoms with Gasteiger partial charge < -0.3 is 4.90 Å². The minimum Gasteiger partial charge on any atom is -0.338 e. The van der Waals surface area contributed by atoms with Crippen molar-refractivity contribution in [3.05, 3.63) is 91.6 Å². The van der Waals surface area contributed by atoms with E-state index in [9.17, 15) is 22.4 Å². The van der Waals surface area contributed by atoms with Crippen molar-refractivity contribution in [3.8, 4) is 0 Å². The summed E-state index contributed by atoms with van der Waals surface area (Å²) in [6.45, 7) is 0.670. The van der Waals surface area contributed by atoms with Crippen LogP contribution in [0.5, 0.6) is 0 Å². The molecule has 0 spiro atoms. The van der Waals surface area contributed by atoms with Gasteiger partial charge in [-0.15, -0.1) is 0 Å². The van der Waals surface area contributed by atoms with E-state index in [4.69, 9.17) is 11.6 Å². The van der Waals surface area contributed by atoms with Crippen molar-refractivity contribution in [2.24, 2.45) is 0 Å². The number of hydrogen-bond acceptors (Lipinski definition) is 5. The van der Waals surface area contributed by atoms with E-state index in [1.807, 2.05) is 0 Å². The maximum absolute atomic E-state index is 14.9. The Kier molecular flexibility index (Phi) is 7.74. The molecule has 41 heavy (non-hydrogen) atoms. The highest BCUT2D eigenvalue weighted by Crippen LogP contribution is 2.37. The first-order chi connectivity index (χ1) is 19.7. The fourth-order valence-corrected chi connectivity index (χ4v) is 8.21. The van der Waals surface area contributed by atoms with Gasteiger partial charge in [0.05, 0.1) is 16.2 Å². The summed E-state index contributed by atoms with van der Waals surface area (Å²) in [6, 6.07) is 10.5. The van der Waals surface area contributed by atoms with Crippen LogP contribution in [0.1, 0.15) is 71.3 Å². The standard InChI is InChI=1S/C30H32ClFN4O4S/c31-20-6-10-23(11-7-20)41(39,40)36(21-8-9-21)22-13-15-35(16-14-22)30(38)26-17-19(5-12-27(26)32)18-28-24-3-1-2-4-25(24)29(37)34-33-28/h5-7,10-12,17,21-22H,1-4,8-9,13-16,18H2,(H,34,37). The molecule has 2 aliphatic carbocycles. The number of likely N-dealkylation sites (tertiary alicyclic amines) is 1. The van der Waals surface area contributed by atoms with E-state index in [-0.39, 0.29) is 28.1 Å². The third-order valence-corrected chi connectivity index (χ3v) is 10.7. The highest BCUT2D eigenvalue weighted by molar-refractivity contribution is 7.89. The van der Waals surface area contributed by atoms with Crippen LogP contribution in [-0.4, -0.2) is 58.9 Å². The van der Waals surface area contributed by atoms with E-state index in [1.165, 1.54) is 18.2 Å². The number of nitrogens with zero attached hydrogens (tertiary/aromatic N) is 3. The predicted molar refractivity (Wildman–Crippen MR) is 153 cm³/mol. The van der Waals surface area contributed by atoms with Crippen LogP contribution < -0.4 is 5.56 Å². The Bertz CT molecular complexity index is 1630. The Morgan fingerprint density at radius 1 is 1.00 bits per heavy atom. The average molecular weight is 599 g/mol. The van der Waals surface area contributed by atoms with Crippen molar-refractivity contribution < 1.29 is 17.6 Å². The zero-order valence-electron chi connectivity index (χ0n) is 22.6. The molecule has 1 saturated carbocycles. The second-order valence-electron chi connectivity index (χ2n) is 11.2. The molecule has 1 saturated heterocycles. The number of rotatable bonds is 7. The average Bonchev–Trinajstić information content (AvgIpc) is 3.81. The largest absolute Gasteiger partial charge is 0.338 e. The minimum atomic E-state index is -3.71. The van der Waals surface area contributed by atoms with Gasteiger partial charge in [-0.3, -0.25) is 9.59 Å². The highest BCUT2D eigenvalue weighted by atomic mass is 35.5. The number of piperidine rings is 1. The van der Waals surface area contributed by atoms with Crippen LogP contribution >= 0.6 is 11.6 Å². The van der Waals surface area contributed by atoms with E-state index in [0.717, 1.165) is 60.9 Å². The summed E-state index contributed by atoms with van der Waals surface area (Å²) in [5, 5.41) is 7.34. The molecular weight excluding hydrogens is 567 g/mol. The molecule has 0 unspecified atom stereocenters. The summed E-state index contributed by atoms with van der Waals surface area (Å²) in [5.74, 6) is -1.000. The molecule has 0 radical (unpaired) electrons. The van der Waals surface area contributed by atoms with Gasteiger partial charge in [0.2, 0.25) is 10.0 Å². The van der Waals surface area contributed by atoms with Gasteiger partial charge in [-0.2, -0.15) is 9.40 Å². The lowest BCUT2D eigenvalue weighted by Crippen LogP contribution is -2.49. The number of fused-ring (bicyclic) bond motifs is 1. The van der Waals surface area contributed by atoms with Gasteiger partial charge in [0.15, 0.2) is 0 Å². The Morgan fingerprint density at radius 3 is 2.34 bits per heavy atom. The van der Waals surface area contributed by atoms with Crippen LogP contribution in [0.3, 0.4) is 0 Å². The molecule has 1 amide bonds. The number of H-pyrrole nitrogens is 1. The molecule has 1 aromatic heterocycles. The van der Waals surface area contributed by atoms with Gasteiger partial charge in [-0.05, 0) is 98.9 Å². The molecule has 216 valence electrons. The van der Waals surface area contributed by atoms with E-state index in [1.54, 1.807) is 33.5 Å². The molecular formula is C30H32ClFN4O4S. The molecule has 2 fully saturated rings. The fraction of sp³-hybridized carbons (Fsp3) is 0.433. The zero-order chi connectivity index (χ0) is 28.7. The van der Waals surface area contributed by atoms with Crippen LogP contribution in [0.4, 0.5) is 4.39 Å². The van der Waals surface area contributed by atoms with Crippen LogP contribution in [-0.2, 0) is 29.3 Å². The number of carbonyl (C=O) groups excluding carboxylic acids is 1. The monoisotopic (exact) mass is 598 g/mol. The van der Waals surface area contributed by atoms with E-state index >= 15 is 0 Å². The maximum atomic E-state index is 14.9. The summed E-state index contributed by atoms with van der Waals surface area (Å²) < 4.78 is 43.6. The van der Waals surface area contributed by atoms with E-state index in [2.05, 4.69) is 10.2 Å². The first-order valence-corrected chi connectivity index (χ1v) is 16.0. The highest BCUT2D eigenvalue weighted by Gasteiger charge is 2.43. The van der Waals surface area contributed by atoms with Crippen LogP contribution in [0.2, 0.25) is 5.02 Å². The van der Waals surface area contributed by atoms with Gasteiger partial charge in [0.25, 0.3) is 11.5 Å². The first-order valence-electron chi connectivity index (χ1n) is 14.2. The van der Waals surface area contributed by atoms with Gasteiger partial charge in [0.1, 0.15) is 5.82 Å². The number of aromatic nitrogens is 2. The summed E-state index contributed by atoms with van der Waals surface area (Å²) in [5.41, 5.74) is 3.09. The number of halogens is 2. The Labute approximate surface area is 243 Å². The molecule has 6 rings (SSSR count). The maximum Gasteiger partial charge on any atom is 0.267 e. The molecule has 0 bridgehead atoms. The lowest BCUT2D eigenvalue weighted by Gasteiger charge is -2.38. The second kappa shape index (κ2) is 11.3. The van der Waals surface area contributed by atoms with Gasteiger partial charge >= 0.3 is 0 Å². The summed E-state index contributed by atoms with van der Waals surface area (Å²) in [4.78, 5) is 27.5. The number of sulfonamides is 1. The minimum absolute atomic E-state index is 0.00734. The molecule has 3 aromatic rings. The van der Waals surface area contributed by atoms with Gasteiger partial charge in [0, 0.05) is 42.2 Å². The van der Waals surface area contributed by atoms with Crippen LogP contribution in [0, 0.1) is 5.82 Å². The Morgan fingerprint density at radius 2 is 1.66 bits per heavy atom. The number of nitrogens with one attached hydrogen (secondary N) is 1. The molecule has 1 N–H and O–H groups in total. The number of hydrogen-bond donors (Lipinski definition) is 1. The van der Waals surface area contributed by atoms with Gasteiger partial charge in [-0.25, -0.2) is 17.9 Å². The first kappa shape index (κ1) is 28.1. The number of benzene rings is 2. The SMILES string of the molecule is O=C(c1cc(Cc2n[nH]c(=O)c3c2CCCC3)ccc1F)N1CCC(N(C2CC2)S(=O)(=O)c2ccc(Cl)cc2)CC1. The smallest absolute Gasteiger partial charge is 0.267 e. The van der Waals surface area contributed by atoms with Crippen LogP contribution in [0.15, 0.2) is 52.2 Å². The number of carbonyl (C=O) groups is 1. The second-order valence-corrected chi connectivity index (χ2v) is 13.5. The van der Waals surface area contributed by atoms with Crippen molar-refractivity contribution in [1.29, 1.82) is 0 Å². The third-order valence-electron chi connectivity index (χ3n) is 8.42. The molecule has 0 atom stereocenters. The van der Waals surface area contributed by atoms with E-state index in [0.29, 0.717) is 37.4 Å². The van der Waals surface area contributed by atoms with Crippen LogP contribution in [0.25, 0.3) is 0 Å². The lowest BCUT2D eigenvalue weighted by molar-refractivity contribution is 0.0671. The number of amides is 1. The molecule has 2 heterocycles. The van der Waals surface area contributed by atoms with Crippen molar-refractivity contribution in [3.63, 3.8) is 0 Å². The molecule has 1 aliphatic heterocycles. The summed E-state index contributed by atoms with van der Waals surface area (Å²) >= 11 is 5.97. The third kappa shape index (κ3) is 5.69. The van der Waals surface area contributed by atoms with Crippen molar-refractivity contribution in [2.75, 3.05) is 13.1 Å². The molecule has 8 nitrogen and oxygen atoms in total. The Balaban J connectivity index is 1.17. The molecule has 3 aliphatic rings. The number of aromatic amines is 1. The van der Waals surface area contributed by atoms with E-state index < -0.39 is 21.7 Å². The zero-order valence-corrected chi connectivity index (χ0v) is 24.2. The van der Waals surface area contributed by atoms with Crippen molar-refractivity contribution in [2.45, 2.75) is 74.8 Å². The normalized spacial score (nSPS) is 18.0. The van der Waals surface area contributed by atoms with Crippen molar-refractivity contribution in [1.82, 2.24) is 19.4 Å². The Hall–Kier alpha value is -3.08.